The average molecular weight is 158 g/mol. The van der Waals surface area contributed by atoms with Gasteiger partial charge in [-0.05, 0) is 19.3 Å². The van der Waals surface area contributed by atoms with Crippen LogP contribution in [0.2, 0.25) is 0 Å². The molecule has 0 aromatic rings. The molecule has 64 valence electrons. The van der Waals surface area contributed by atoms with E-state index in [4.69, 9.17) is 5.73 Å². The van der Waals surface area contributed by atoms with E-state index >= 15 is 0 Å². The number of nitrogens with zero attached hydrogens (tertiary/aromatic N) is 1. The molecule has 0 amide bonds. The molecular weight excluding hydrogens is 143 g/mol. The first-order valence-corrected chi connectivity index (χ1v) is 4.32. The highest BCUT2D eigenvalue weighted by Gasteiger charge is 2.40. The van der Waals surface area contributed by atoms with E-state index in [1.54, 1.807) is 0 Å². The summed E-state index contributed by atoms with van der Waals surface area (Å²) >= 11 is 0. The van der Waals surface area contributed by atoms with Crippen LogP contribution in [0.15, 0.2) is 0 Å². The van der Waals surface area contributed by atoms with Gasteiger partial charge in [-0.1, -0.05) is 0 Å². The number of alkyl halides is 1. The van der Waals surface area contributed by atoms with Crippen LogP contribution in [0.1, 0.15) is 19.3 Å². The van der Waals surface area contributed by atoms with E-state index < -0.39 is 5.54 Å². The summed E-state index contributed by atoms with van der Waals surface area (Å²) in [4.78, 5) is 2.33. The third kappa shape index (κ3) is 1.40. The molecule has 1 saturated carbocycles. The van der Waals surface area contributed by atoms with E-state index in [0.29, 0.717) is 0 Å². The monoisotopic (exact) mass is 158 g/mol. The summed E-state index contributed by atoms with van der Waals surface area (Å²) in [6.07, 6.45) is 3.42. The molecule has 1 saturated heterocycles. The van der Waals surface area contributed by atoms with Crippen LogP contribution in [0.25, 0.3) is 0 Å². The minimum Gasteiger partial charge on any atom is -0.322 e. The molecular formula is C8H15FN2. The van der Waals surface area contributed by atoms with Crippen LogP contribution in [0.4, 0.5) is 4.39 Å². The molecule has 2 aliphatic rings. The third-order valence-electron chi connectivity index (χ3n) is 2.74. The van der Waals surface area contributed by atoms with Crippen LogP contribution >= 0.6 is 0 Å². The molecule has 0 aromatic heterocycles. The fraction of sp³-hybridized carbons (Fsp3) is 1.00. The van der Waals surface area contributed by atoms with E-state index in [9.17, 15) is 4.39 Å². The van der Waals surface area contributed by atoms with Gasteiger partial charge in [0.2, 0.25) is 0 Å². The number of hydrogen-bond acceptors (Lipinski definition) is 2. The second-order valence-corrected chi connectivity index (χ2v) is 3.95. The molecule has 2 rings (SSSR count). The Morgan fingerprint density at radius 3 is 2.73 bits per heavy atom. The van der Waals surface area contributed by atoms with Gasteiger partial charge in [0, 0.05) is 19.1 Å². The van der Waals surface area contributed by atoms with E-state index in [2.05, 4.69) is 4.90 Å². The number of halogens is 1. The zero-order chi connectivity index (χ0) is 7.90. The molecule has 1 aliphatic carbocycles. The largest absolute Gasteiger partial charge is 0.322 e. The highest BCUT2D eigenvalue weighted by Crippen LogP contribution is 2.32. The van der Waals surface area contributed by atoms with Crippen molar-refractivity contribution in [1.29, 1.82) is 0 Å². The molecule has 1 aliphatic heterocycles. The molecule has 1 unspecified atom stereocenters. The van der Waals surface area contributed by atoms with Gasteiger partial charge in [0.05, 0.1) is 5.54 Å². The molecule has 0 radical (unpaired) electrons. The van der Waals surface area contributed by atoms with Crippen molar-refractivity contribution in [2.24, 2.45) is 5.73 Å². The van der Waals surface area contributed by atoms with Crippen molar-refractivity contribution in [3.8, 4) is 0 Å². The molecule has 11 heavy (non-hydrogen) atoms. The van der Waals surface area contributed by atoms with Gasteiger partial charge in [-0.2, -0.15) is 0 Å². The Hall–Kier alpha value is -0.150. The summed E-state index contributed by atoms with van der Waals surface area (Å²) in [6.45, 7) is 1.41. The minimum atomic E-state index is -0.511. The van der Waals surface area contributed by atoms with Crippen molar-refractivity contribution in [3.63, 3.8) is 0 Å². The maximum atomic E-state index is 12.4. The quantitative estimate of drug-likeness (QED) is 0.635. The molecule has 2 nitrogen and oxygen atoms in total. The second-order valence-electron chi connectivity index (χ2n) is 3.95. The Kier molecular flexibility index (Phi) is 1.65. The highest BCUT2D eigenvalue weighted by atomic mass is 19.1. The minimum absolute atomic E-state index is 0.365. The summed E-state index contributed by atoms with van der Waals surface area (Å²) in [5.41, 5.74) is 5.29. The van der Waals surface area contributed by atoms with Gasteiger partial charge < -0.3 is 5.73 Å². The van der Waals surface area contributed by atoms with Crippen molar-refractivity contribution in [1.82, 2.24) is 4.90 Å². The van der Waals surface area contributed by atoms with Crippen LogP contribution in [0.3, 0.4) is 0 Å². The van der Waals surface area contributed by atoms with Crippen molar-refractivity contribution >= 4 is 0 Å². The molecule has 0 spiro atoms. The van der Waals surface area contributed by atoms with Crippen molar-refractivity contribution in [2.75, 3.05) is 19.8 Å². The average Bonchev–Trinajstić information content (AvgIpc) is 2.77. The molecule has 1 heterocycles. The molecule has 0 aromatic carbocycles. The summed E-state index contributed by atoms with van der Waals surface area (Å²) in [5.74, 6) is 0. The zero-order valence-electron chi connectivity index (χ0n) is 6.72. The first kappa shape index (κ1) is 7.50. The first-order chi connectivity index (χ1) is 5.23. The lowest BCUT2D eigenvalue weighted by Crippen LogP contribution is -2.45. The maximum Gasteiger partial charge on any atom is 0.109 e. The lowest BCUT2D eigenvalue weighted by molar-refractivity contribution is 0.268. The van der Waals surface area contributed by atoms with Gasteiger partial charge in [-0.3, -0.25) is 4.90 Å². The van der Waals surface area contributed by atoms with Gasteiger partial charge in [-0.15, -0.1) is 0 Å². The van der Waals surface area contributed by atoms with Gasteiger partial charge >= 0.3 is 0 Å². The number of nitrogens with two attached hydrogens (primary N) is 1. The SMILES string of the molecule is NC1(CF)CCN(C2CC2)C1. The zero-order valence-corrected chi connectivity index (χ0v) is 6.72. The van der Waals surface area contributed by atoms with Crippen molar-refractivity contribution in [2.45, 2.75) is 30.8 Å². The smallest absolute Gasteiger partial charge is 0.109 e. The maximum absolute atomic E-state index is 12.4. The van der Waals surface area contributed by atoms with Gasteiger partial charge in [-0.25, -0.2) is 4.39 Å². The van der Waals surface area contributed by atoms with E-state index in [-0.39, 0.29) is 6.67 Å². The molecule has 0 bridgehead atoms. The van der Waals surface area contributed by atoms with E-state index in [1.807, 2.05) is 0 Å². The van der Waals surface area contributed by atoms with Gasteiger partial charge in [0.1, 0.15) is 6.67 Å². The van der Waals surface area contributed by atoms with Crippen molar-refractivity contribution < 1.29 is 4.39 Å². The summed E-state index contributed by atoms with van der Waals surface area (Å²) < 4.78 is 12.4. The Bertz CT molecular complexity index is 158. The number of likely N-dealkylation sites (tertiary alicyclic amines) is 1. The van der Waals surface area contributed by atoms with Crippen LogP contribution in [0.5, 0.6) is 0 Å². The highest BCUT2D eigenvalue weighted by molar-refractivity contribution is 4.99. The summed E-state index contributed by atoms with van der Waals surface area (Å²) in [5, 5.41) is 0. The Morgan fingerprint density at radius 2 is 2.27 bits per heavy atom. The number of hydrogen-bond donors (Lipinski definition) is 1. The van der Waals surface area contributed by atoms with Crippen molar-refractivity contribution in [3.05, 3.63) is 0 Å². The Balaban J connectivity index is 1.91. The summed E-state index contributed by atoms with van der Waals surface area (Å²) in [7, 11) is 0. The second kappa shape index (κ2) is 2.42. The topological polar surface area (TPSA) is 29.3 Å². The Labute approximate surface area is 66.5 Å². The van der Waals surface area contributed by atoms with Gasteiger partial charge in [0.25, 0.3) is 0 Å². The van der Waals surface area contributed by atoms with Gasteiger partial charge in [0.15, 0.2) is 0 Å². The van der Waals surface area contributed by atoms with Crippen LogP contribution in [-0.4, -0.2) is 36.2 Å². The van der Waals surface area contributed by atoms with E-state index in [0.717, 1.165) is 25.6 Å². The lowest BCUT2D eigenvalue weighted by atomic mass is 10.0. The fourth-order valence-electron chi connectivity index (χ4n) is 1.79. The van der Waals surface area contributed by atoms with Crippen LogP contribution in [-0.2, 0) is 0 Å². The molecule has 2 N–H and O–H groups in total. The standard InChI is InChI=1S/C8H15FN2/c9-5-8(10)3-4-11(6-8)7-1-2-7/h7H,1-6,10H2. The fourth-order valence-corrected chi connectivity index (χ4v) is 1.79. The number of rotatable bonds is 2. The first-order valence-electron chi connectivity index (χ1n) is 4.32. The lowest BCUT2D eigenvalue weighted by Gasteiger charge is -2.20. The normalized spacial score (nSPS) is 39.8. The Morgan fingerprint density at radius 1 is 1.55 bits per heavy atom. The van der Waals surface area contributed by atoms with Crippen LogP contribution in [0, 0.1) is 0 Å². The third-order valence-corrected chi connectivity index (χ3v) is 2.74. The predicted octanol–water partition coefficient (Wildman–Crippen LogP) is 0.521. The van der Waals surface area contributed by atoms with Crippen LogP contribution < -0.4 is 5.73 Å². The molecule has 1 atom stereocenters. The van der Waals surface area contributed by atoms with E-state index in [1.165, 1.54) is 12.8 Å². The molecule has 2 fully saturated rings. The summed E-state index contributed by atoms with van der Waals surface area (Å²) in [6, 6.07) is 0.743. The predicted molar refractivity (Wildman–Crippen MR) is 42.1 cm³/mol. The molecule has 3 heteroatoms.